The van der Waals surface area contributed by atoms with Crippen molar-refractivity contribution in [3.8, 4) is 0 Å². The first-order valence-corrected chi connectivity index (χ1v) is 14.0. The second-order valence-electron chi connectivity index (χ2n) is 9.97. The van der Waals surface area contributed by atoms with Gasteiger partial charge in [0.05, 0.1) is 19.5 Å². The number of aliphatic carboxylic acids is 1. The lowest BCUT2D eigenvalue weighted by Crippen LogP contribution is -2.36. The minimum Gasteiger partial charge on any atom is -0.479 e. The van der Waals surface area contributed by atoms with Crippen LogP contribution in [-0.4, -0.2) is 40.6 Å². The molecule has 0 heterocycles. The SMILES string of the molecule is O=C(NCC(O)C(=O)O)c1ccc(CN(C(=O)Cc2cccc(Br)c2)c2ccc(C3CCCCC3)cc2)cc1. The molecule has 8 heteroatoms. The van der Waals surface area contributed by atoms with Crippen molar-refractivity contribution in [3.05, 3.63) is 99.5 Å². The van der Waals surface area contributed by atoms with Gasteiger partial charge in [-0.1, -0.05) is 71.6 Å². The minimum absolute atomic E-state index is 0.0389. The number of rotatable bonds is 10. The second kappa shape index (κ2) is 13.5. The summed E-state index contributed by atoms with van der Waals surface area (Å²) in [5.74, 6) is -1.34. The molecule has 0 aromatic heterocycles. The maximum absolute atomic E-state index is 13.6. The van der Waals surface area contributed by atoms with E-state index in [-0.39, 0.29) is 18.9 Å². The molecule has 1 aliphatic rings. The Kier molecular flexibility index (Phi) is 9.90. The quantitative estimate of drug-likeness (QED) is 0.290. The molecule has 0 aliphatic heterocycles. The summed E-state index contributed by atoms with van der Waals surface area (Å²) in [7, 11) is 0. The van der Waals surface area contributed by atoms with Crippen molar-refractivity contribution in [1.29, 1.82) is 0 Å². The molecule has 3 aromatic carbocycles. The molecule has 3 N–H and O–H groups in total. The van der Waals surface area contributed by atoms with E-state index in [0.717, 1.165) is 21.3 Å². The molecule has 0 bridgehead atoms. The normalized spacial score (nSPS) is 14.4. The van der Waals surface area contributed by atoms with E-state index >= 15 is 0 Å². The summed E-state index contributed by atoms with van der Waals surface area (Å²) >= 11 is 3.48. The molecular weight excluding hydrogens is 560 g/mol. The summed E-state index contributed by atoms with van der Waals surface area (Å²) in [6, 6.07) is 22.9. The summed E-state index contributed by atoms with van der Waals surface area (Å²) in [4.78, 5) is 38.4. The molecule has 2 amide bonds. The molecule has 1 saturated carbocycles. The molecule has 204 valence electrons. The number of benzene rings is 3. The van der Waals surface area contributed by atoms with Crippen molar-refractivity contribution in [2.45, 2.75) is 57.1 Å². The van der Waals surface area contributed by atoms with E-state index in [9.17, 15) is 19.5 Å². The van der Waals surface area contributed by atoms with Crippen molar-refractivity contribution < 1.29 is 24.6 Å². The van der Waals surface area contributed by atoms with E-state index in [4.69, 9.17) is 5.11 Å². The van der Waals surface area contributed by atoms with Crippen LogP contribution in [0.2, 0.25) is 0 Å². The largest absolute Gasteiger partial charge is 0.479 e. The highest BCUT2D eigenvalue weighted by Crippen LogP contribution is 2.33. The molecule has 4 rings (SSSR count). The predicted octanol–water partition coefficient (Wildman–Crippen LogP) is 5.45. The Hall–Kier alpha value is -3.49. The van der Waals surface area contributed by atoms with E-state index in [1.165, 1.54) is 37.7 Å². The topological polar surface area (TPSA) is 107 Å². The van der Waals surface area contributed by atoms with Crippen molar-refractivity contribution in [3.63, 3.8) is 0 Å². The molecule has 1 atom stereocenters. The maximum atomic E-state index is 13.6. The number of carbonyl (C=O) groups excluding carboxylic acids is 2. The lowest BCUT2D eigenvalue weighted by Gasteiger charge is -2.26. The van der Waals surface area contributed by atoms with Gasteiger partial charge in [-0.2, -0.15) is 0 Å². The third-order valence-corrected chi connectivity index (χ3v) is 7.62. The number of nitrogens with zero attached hydrogens (tertiary/aromatic N) is 1. The van der Waals surface area contributed by atoms with Crippen LogP contribution in [0.3, 0.4) is 0 Å². The summed E-state index contributed by atoms with van der Waals surface area (Å²) in [6.07, 6.45) is 4.82. The Labute approximate surface area is 237 Å². The van der Waals surface area contributed by atoms with Gasteiger partial charge in [0.2, 0.25) is 5.91 Å². The minimum atomic E-state index is -1.66. The Morgan fingerprint density at radius 2 is 1.62 bits per heavy atom. The van der Waals surface area contributed by atoms with Gasteiger partial charge in [-0.15, -0.1) is 0 Å². The molecule has 7 nitrogen and oxygen atoms in total. The van der Waals surface area contributed by atoms with Crippen LogP contribution < -0.4 is 10.2 Å². The standard InChI is InChI=1S/C31H33BrN2O5/c32-26-8-4-5-22(17-26)18-29(36)34(27-15-13-24(14-16-27)23-6-2-1-3-7-23)20-21-9-11-25(12-10-21)30(37)33-19-28(35)31(38)39/h4-5,8-17,23,28,35H,1-3,6-7,18-20H2,(H,33,37)(H,38,39). The predicted molar refractivity (Wildman–Crippen MR) is 154 cm³/mol. The number of amides is 2. The van der Waals surface area contributed by atoms with Gasteiger partial charge in [-0.3, -0.25) is 9.59 Å². The number of halogens is 1. The zero-order valence-electron chi connectivity index (χ0n) is 21.7. The molecule has 39 heavy (non-hydrogen) atoms. The zero-order chi connectivity index (χ0) is 27.8. The molecule has 1 aliphatic carbocycles. The maximum Gasteiger partial charge on any atom is 0.334 e. The van der Waals surface area contributed by atoms with Gasteiger partial charge in [0, 0.05) is 15.7 Å². The number of carboxylic acids is 1. The van der Waals surface area contributed by atoms with Crippen LogP contribution in [0, 0.1) is 0 Å². The van der Waals surface area contributed by atoms with E-state index < -0.39 is 18.0 Å². The van der Waals surface area contributed by atoms with Crippen LogP contribution in [0.4, 0.5) is 5.69 Å². The number of aliphatic hydroxyl groups is 1. The number of carbonyl (C=O) groups is 3. The Bertz CT molecular complexity index is 1290. The average Bonchev–Trinajstić information content (AvgIpc) is 2.95. The van der Waals surface area contributed by atoms with Gasteiger partial charge in [0.1, 0.15) is 0 Å². The average molecular weight is 594 g/mol. The molecule has 1 unspecified atom stereocenters. The summed E-state index contributed by atoms with van der Waals surface area (Å²) in [6.45, 7) is -0.0557. The van der Waals surface area contributed by atoms with Gasteiger partial charge >= 0.3 is 5.97 Å². The van der Waals surface area contributed by atoms with E-state index in [1.807, 2.05) is 36.4 Å². The van der Waals surface area contributed by atoms with Gasteiger partial charge in [0.25, 0.3) is 5.91 Å². The van der Waals surface area contributed by atoms with E-state index in [0.29, 0.717) is 18.0 Å². The number of hydrogen-bond acceptors (Lipinski definition) is 4. The molecular formula is C31H33BrN2O5. The first-order valence-electron chi connectivity index (χ1n) is 13.2. The number of carboxylic acid groups (broad SMARTS) is 1. The summed E-state index contributed by atoms with van der Waals surface area (Å²) in [5.41, 5.74) is 4.23. The van der Waals surface area contributed by atoms with Crippen molar-refractivity contribution in [1.82, 2.24) is 5.32 Å². The van der Waals surface area contributed by atoms with Crippen LogP contribution in [-0.2, 0) is 22.6 Å². The molecule has 0 radical (unpaired) electrons. The van der Waals surface area contributed by atoms with Gasteiger partial charge in [0.15, 0.2) is 6.10 Å². The Morgan fingerprint density at radius 3 is 2.26 bits per heavy atom. The second-order valence-corrected chi connectivity index (χ2v) is 10.9. The van der Waals surface area contributed by atoms with Crippen LogP contribution in [0.5, 0.6) is 0 Å². The Balaban J connectivity index is 1.51. The highest BCUT2D eigenvalue weighted by molar-refractivity contribution is 9.10. The number of nitrogens with one attached hydrogen (secondary N) is 1. The fourth-order valence-electron chi connectivity index (χ4n) is 4.93. The fraction of sp³-hybridized carbons (Fsp3) is 0.323. The van der Waals surface area contributed by atoms with Crippen molar-refractivity contribution >= 4 is 39.4 Å². The highest BCUT2D eigenvalue weighted by Gasteiger charge is 2.20. The lowest BCUT2D eigenvalue weighted by atomic mass is 9.84. The fourth-order valence-corrected chi connectivity index (χ4v) is 5.37. The molecule has 0 spiro atoms. The number of aliphatic hydroxyl groups excluding tert-OH is 1. The van der Waals surface area contributed by atoms with Crippen LogP contribution in [0.25, 0.3) is 0 Å². The van der Waals surface area contributed by atoms with Gasteiger partial charge in [-0.25, -0.2) is 4.79 Å². The van der Waals surface area contributed by atoms with Crippen LogP contribution in [0.15, 0.2) is 77.3 Å². The highest BCUT2D eigenvalue weighted by atomic mass is 79.9. The zero-order valence-corrected chi connectivity index (χ0v) is 23.3. The number of hydrogen-bond donors (Lipinski definition) is 3. The smallest absolute Gasteiger partial charge is 0.334 e. The van der Waals surface area contributed by atoms with Gasteiger partial charge < -0.3 is 20.4 Å². The van der Waals surface area contributed by atoms with E-state index in [1.54, 1.807) is 29.2 Å². The van der Waals surface area contributed by atoms with E-state index in [2.05, 4.69) is 33.4 Å². The van der Waals surface area contributed by atoms with Crippen molar-refractivity contribution in [2.75, 3.05) is 11.4 Å². The summed E-state index contributed by atoms with van der Waals surface area (Å²) in [5, 5.41) is 20.6. The molecule has 1 fully saturated rings. The van der Waals surface area contributed by atoms with Crippen LogP contribution >= 0.6 is 15.9 Å². The first-order chi connectivity index (χ1) is 18.8. The first kappa shape index (κ1) is 28.5. The number of anilines is 1. The van der Waals surface area contributed by atoms with Gasteiger partial charge in [-0.05, 0) is 71.8 Å². The monoisotopic (exact) mass is 592 g/mol. The lowest BCUT2D eigenvalue weighted by molar-refractivity contribution is -0.146. The Morgan fingerprint density at radius 1 is 0.923 bits per heavy atom. The van der Waals surface area contributed by atoms with Crippen molar-refractivity contribution in [2.24, 2.45) is 0 Å². The summed E-state index contributed by atoms with van der Waals surface area (Å²) < 4.78 is 0.918. The third-order valence-electron chi connectivity index (χ3n) is 7.12. The molecule has 0 saturated heterocycles. The van der Waals surface area contributed by atoms with Crippen LogP contribution in [0.1, 0.15) is 65.1 Å². The third kappa shape index (κ3) is 8.00. The molecule has 3 aromatic rings.